The van der Waals surface area contributed by atoms with Gasteiger partial charge in [0.15, 0.2) is 5.65 Å². The molecule has 142 valence electrons. The summed E-state index contributed by atoms with van der Waals surface area (Å²) in [7, 11) is 0. The molecule has 0 spiro atoms. The SMILES string of the molecule is Cc1nc2cc(=O)[nH]n2c(C)c1CNC(=O)c1ccc(OC(F)(F)F)cn1. The fourth-order valence-corrected chi connectivity index (χ4v) is 2.58. The monoisotopic (exact) mass is 381 g/mol. The summed E-state index contributed by atoms with van der Waals surface area (Å²) in [6, 6.07) is 3.49. The van der Waals surface area contributed by atoms with Gasteiger partial charge in [-0.1, -0.05) is 0 Å². The number of hydrogen-bond acceptors (Lipinski definition) is 5. The molecule has 3 heterocycles. The number of fused-ring (bicyclic) bond motifs is 1. The highest BCUT2D eigenvalue weighted by atomic mass is 19.4. The molecule has 0 aliphatic rings. The molecule has 0 bridgehead atoms. The summed E-state index contributed by atoms with van der Waals surface area (Å²) < 4.78 is 41.6. The van der Waals surface area contributed by atoms with Crippen LogP contribution in [0.1, 0.15) is 27.4 Å². The van der Waals surface area contributed by atoms with E-state index < -0.39 is 18.0 Å². The van der Waals surface area contributed by atoms with Crippen molar-refractivity contribution < 1.29 is 22.7 Å². The Morgan fingerprint density at radius 2 is 2.07 bits per heavy atom. The maximum Gasteiger partial charge on any atom is 0.573 e. The minimum absolute atomic E-state index is 0.0664. The van der Waals surface area contributed by atoms with Crippen LogP contribution in [-0.4, -0.2) is 31.9 Å². The molecule has 3 aromatic rings. The molecule has 0 aliphatic heterocycles. The van der Waals surface area contributed by atoms with Gasteiger partial charge >= 0.3 is 6.36 Å². The fourth-order valence-electron chi connectivity index (χ4n) is 2.58. The fraction of sp³-hybridized carbons (Fsp3) is 0.250. The normalized spacial score (nSPS) is 11.6. The molecule has 3 aromatic heterocycles. The Hall–Kier alpha value is -3.37. The molecule has 0 saturated heterocycles. The Balaban J connectivity index is 1.74. The molecular formula is C16H14F3N5O3. The van der Waals surface area contributed by atoms with Crippen molar-refractivity contribution >= 4 is 11.6 Å². The molecule has 11 heteroatoms. The van der Waals surface area contributed by atoms with Crippen LogP contribution in [0.3, 0.4) is 0 Å². The van der Waals surface area contributed by atoms with E-state index in [1.807, 2.05) is 0 Å². The predicted molar refractivity (Wildman–Crippen MR) is 87.4 cm³/mol. The van der Waals surface area contributed by atoms with Crippen LogP contribution in [0.25, 0.3) is 5.65 Å². The standard InChI is InChI=1S/C16H14F3N5O3/c1-8-11(9(2)24-13(22-8)5-14(25)23-24)7-21-15(26)12-4-3-10(6-20-12)27-16(17,18)19/h3-6H,7H2,1-2H3,(H,21,26)(H,23,25). The lowest BCUT2D eigenvalue weighted by molar-refractivity contribution is -0.274. The zero-order chi connectivity index (χ0) is 19.8. The number of alkyl halides is 3. The molecule has 0 atom stereocenters. The molecule has 0 unspecified atom stereocenters. The number of aromatic nitrogens is 4. The summed E-state index contributed by atoms with van der Waals surface area (Å²) in [5.74, 6) is -1.09. The summed E-state index contributed by atoms with van der Waals surface area (Å²) in [6.07, 6.45) is -4.01. The van der Waals surface area contributed by atoms with Gasteiger partial charge in [0.1, 0.15) is 11.4 Å². The van der Waals surface area contributed by atoms with Crippen LogP contribution in [0.4, 0.5) is 13.2 Å². The molecule has 0 saturated carbocycles. The van der Waals surface area contributed by atoms with E-state index in [-0.39, 0.29) is 17.8 Å². The molecule has 1 amide bonds. The Morgan fingerprint density at radius 3 is 2.70 bits per heavy atom. The second-order valence-electron chi connectivity index (χ2n) is 5.68. The van der Waals surface area contributed by atoms with Crippen LogP contribution in [0.15, 0.2) is 29.2 Å². The van der Waals surface area contributed by atoms with E-state index in [1.54, 1.807) is 13.8 Å². The van der Waals surface area contributed by atoms with Gasteiger partial charge in [-0.2, -0.15) is 0 Å². The Labute approximate surface area is 150 Å². The molecular weight excluding hydrogens is 367 g/mol. The Kier molecular flexibility index (Phi) is 4.60. The summed E-state index contributed by atoms with van der Waals surface area (Å²) in [4.78, 5) is 31.6. The number of aromatic amines is 1. The number of halogens is 3. The lowest BCUT2D eigenvalue weighted by atomic mass is 10.1. The van der Waals surface area contributed by atoms with Crippen molar-refractivity contribution in [1.29, 1.82) is 0 Å². The third kappa shape index (κ3) is 4.07. The van der Waals surface area contributed by atoms with Crippen molar-refractivity contribution in [2.24, 2.45) is 0 Å². The highest BCUT2D eigenvalue weighted by Crippen LogP contribution is 2.21. The molecule has 0 aliphatic carbocycles. The van der Waals surface area contributed by atoms with Crippen molar-refractivity contribution in [2.45, 2.75) is 26.8 Å². The molecule has 8 nitrogen and oxygen atoms in total. The van der Waals surface area contributed by atoms with E-state index >= 15 is 0 Å². The number of rotatable bonds is 4. The van der Waals surface area contributed by atoms with Gasteiger partial charge in [0.2, 0.25) is 0 Å². The summed E-state index contributed by atoms with van der Waals surface area (Å²) >= 11 is 0. The van der Waals surface area contributed by atoms with E-state index in [0.29, 0.717) is 22.6 Å². The van der Waals surface area contributed by atoms with Gasteiger partial charge in [-0.05, 0) is 26.0 Å². The average molecular weight is 381 g/mol. The number of carbonyl (C=O) groups excluding carboxylic acids is 1. The smallest absolute Gasteiger partial charge is 0.404 e. The van der Waals surface area contributed by atoms with Gasteiger partial charge in [-0.3, -0.25) is 14.7 Å². The first kappa shape index (κ1) is 18.4. The maximum absolute atomic E-state index is 12.2. The van der Waals surface area contributed by atoms with Gasteiger partial charge in [-0.15, -0.1) is 13.2 Å². The predicted octanol–water partition coefficient (Wildman–Crippen LogP) is 1.86. The zero-order valence-electron chi connectivity index (χ0n) is 14.2. The highest BCUT2D eigenvalue weighted by molar-refractivity contribution is 5.92. The number of pyridine rings is 1. The second-order valence-corrected chi connectivity index (χ2v) is 5.68. The number of nitrogens with zero attached hydrogens (tertiary/aromatic N) is 3. The largest absolute Gasteiger partial charge is 0.573 e. The Morgan fingerprint density at radius 1 is 1.33 bits per heavy atom. The van der Waals surface area contributed by atoms with Crippen molar-refractivity contribution in [2.75, 3.05) is 0 Å². The molecule has 0 fully saturated rings. The molecule has 0 radical (unpaired) electrons. The Bertz CT molecular complexity index is 1050. The van der Waals surface area contributed by atoms with E-state index in [9.17, 15) is 22.8 Å². The number of carbonyl (C=O) groups is 1. The lowest BCUT2D eigenvalue weighted by Crippen LogP contribution is -2.25. The third-order valence-electron chi connectivity index (χ3n) is 3.83. The van der Waals surface area contributed by atoms with Gasteiger partial charge in [0.25, 0.3) is 11.5 Å². The van der Waals surface area contributed by atoms with Gasteiger partial charge < -0.3 is 10.1 Å². The topological polar surface area (TPSA) is 101 Å². The number of aryl methyl sites for hydroxylation is 2. The minimum Gasteiger partial charge on any atom is -0.404 e. The van der Waals surface area contributed by atoms with Crippen molar-refractivity contribution in [3.63, 3.8) is 0 Å². The summed E-state index contributed by atoms with van der Waals surface area (Å²) in [5.41, 5.74) is 2.13. The number of ether oxygens (including phenoxy) is 1. The number of H-pyrrole nitrogens is 1. The van der Waals surface area contributed by atoms with Crippen LogP contribution in [0.5, 0.6) is 5.75 Å². The third-order valence-corrected chi connectivity index (χ3v) is 3.83. The van der Waals surface area contributed by atoms with E-state index in [1.165, 1.54) is 10.6 Å². The van der Waals surface area contributed by atoms with Gasteiger partial charge in [0, 0.05) is 29.6 Å². The van der Waals surface area contributed by atoms with Crippen LogP contribution in [-0.2, 0) is 6.54 Å². The number of hydrogen-bond donors (Lipinski definition) is 2. The van der Waals surface area contributed by atoms with Crippen molar-refractivity contribution in [1.82, 2.24) is 24.9 Å². The highest BCUT2D eigenvalue weighted by Gasteiger charge is 2.31. The first-order valence-electron chi connectivity index (χ1n) is 7.72. The van der Waals surface area contributed by atoms with E-state index in [4.69, 9.17) is 0 Å². The molecule has 2 N–H and O–H groups in total. The average Bonchev–Trinajstić information content (AvgIpc) is 2.94. The van der Waals surface area contributed by atoms with Crippen molar-refractivity contribution in [3.05, 3.63) is 57.4 Å². The first-order chi connectivity index (χ1) is 12.6. The van der Waals surface area contributed by atoms with Gasteiger partial charge in [-0.25, -0.2) is 14.5 Å². The molecule has 27 heavy (non-hydrogen) atoms. The first-order valence-corrected chi connectivity index (χ1v) is 7.72. The van der Waals surface area contributed by atoms with Gasteiger partial charge in [0.05, 0.1) is 6.20 Å². The van der Waals surface area contributed by atoms with E-state index in [2.05, 4.69) is 25.1 Å². The van der Waals surface area contributed by atoms with Crippen LogP contribution >= 0.6 is 0 Å². The van der Waals surface area contributed by atoms with E-state index in [0.717, 1.165) is 18.3 Å². The molecule has 0 aromatic carbocycles. The number of amides is 1. The number of nitrogens with one attached hydrogen (secondary N) is 2. The van der Waals surface area contributed by atoms with Crippen LogP contribution in [0.2, 0.25) is 0 Å². The summed E-state index contributed by atoms with van der Waals surface area (Å²) in [6.45, 7) is 3.61. The zero-order valence-corrected chi connectivity index (χ0v) is 14.2. The summed E-state index contributed by atoms with van der Waals surface area (Å²) in [5, 5.41) is 5.23. The van der Waals surface area contributed by atoms with Crippen LogP contribution < -0.4 is 15.6 Å². The lowest BCUT2D eigenvalue weighted by Gasteiger charge is -2.12. The van der Waals surface area contributed by atoms with Crippen molar-refractivity contribution in [3.8, 4) is 5.75 Å². The second kappa shape index (κ2) is 6.74. The minimum atomic E-state index is -4.83. The van der Waals surface area contributed by atoms with Crippen LogP contribution in [0, 0.1) is 13.8 Å². The maximum atomic E-state index is 12.2. The quantitative estimate of drug-likeness (QED) is 0.718. The molecule has 3 rings (SSSR count).